The summed E-state index contributed by atoms with van der Waals surface area (Å²) < 4.78 is 24.2. The van der Waals surface area contributed by atoms with Crippen LogP contribution in [0, 0.1) is 0 Å². The van der Waals surface area contributed by atoms with Crippen molar-refractivity contribution in [3.8, 4) is 0 Å². The number of hydrogen-bond acceptors (Lipinski definition) is 4. The summed E-state index contributed by atoms with van der Waals surface area (Å²) >= 11 is 11.8. The van der Waals surface area contributed by atoms with Crippen molar-refractivity contribution in [2.24, 2.45) is 0 Å². The number of sulfone groups is 1. The predicted octanol–water partition coefficient (Wildman–Crippen LogP) is 1.21. The lowest BCUT2D eigenvalue weighted by Gasteiger charge is -2.32. The quantitative estimate of drug-likeness (QED) is 0.697. The fraction of sp³-hybridized carbons (Fsp3) is 0.273. The number of halogens is 2. The average Bonchev–Trinajstić information content (AvgIpc) is 2.64. The third kappa shape index (κ3) is 1.73. The van der Waals surface area contributed by atoms with Crippen molar-refractivity contribution >= 4 is 45.0 Å². The molecule has 3 rings (SSSR count). The van der Waals surface area contributed by atoms with E-state index in [0.29, 0.717) is 0 Å². The van der Waals surface area contributed by atoms with E-state index in [2.05, 4.69) is 10.6 Å². The fourth-order valence-corrected chi connectivity index (χ4v) is 4.56. The summed E-state index contributed by atoms with van der Waals surface area (Å²) in [7, 11) is -3.56. The van der Waals surface area contributed by atoms with Gasteiger partial charge < -0.3 is 5.32 Å². The van der Waals surface area contributed by atoms with Crippen LogP contribution in [-0.2, 0) is 20.2 Å². The summed E-state index contributed by atoms with van der Waals surface area (Å²) in [4.78, 5) is 23.4. The molecule has 0 radical (unpaired) electrons. The van der Waals surface area contributed by atoms with Crippen molar-refractivity contribution < 1.29 is 18.0 Å². The van der Waals surface area contributed by atoms with Crippen molar-refractivity contribution in [1.82, 2.24) is 10.6 Å². The number of urea groups is 1. The maximum atomic E-state index is 12.1. The molecule has 1 spiro atoms. The van der Waals surface area contributed by atoms with E-state index in [1.54, 1.807) is 0 Å². The molecule has 1 aromatic rings. The van der Waals surface area contributed by atoms with E-state index in [1.165, 1.54) is 12.1 Å². The number of fused-ring (bicyclic) bond motifs is 2. The Kier molecular flexibility index (Phi) is 2.80. The highest BCUT2D eigenvalue weighted by Gasteiger charge is 2.53. The second-order valence-electron chi connectivity index (χ2n) is 4.64. The van der Waals surface area contributed by atoms with Crippen LogP contribution >= 0.6 is 23.2 Å². The van der Waals surface area contributed by atoms with Crippen LogP contribution in [0.25, 0.3) is 0 Å². The van der Waals surface area contributed by atoms with E-state index >= 15 is 0 Å². The molecule has 106 valence electrons. The minimum atomic E-state index is -3.56. The topological polar surface area (TPSA) is 92.3 Å². The zero-order valence-electron chi connectivity index (χ0n) is 9.87. The van der Waals surface area contributed by atoms with E-state index in [9.17, 15) is 18.0 Å². The van der Waals surface area contributed by atoms with Crippen LogP contribution in [0.4, 0.5) is 4.79 Å². The standard InChI is InChI=1S/C11H8Cl2N2O4S/c12-6-3-5-8(4-7(6)13)20(18,19)2-1-11(5)9(16)14-10(17)15-11/h3-4H,1-2H2,(H2,14,15,16,17). The molecule has 20 heavy (non-hydrogen) atoms. The number of nitrogens with one attached hydrogen (secondary N) is 2. The van der Waals surface area contributed by atoms with Gasteiger partial charge in [0.25, 0.3) is 5.91 Å². The Morgan fingerprint density at radius 1 is 1.15 bits per heavy atom. The number of imide groups is 1. The van der Waals surface area contributed by atoms with Gasteiger partial charge in [-0.3, -0.25) is 10.1 Å². The highest BCUT2D eigenvalue weighted by Crippen LogP contribution is 2.42. The molecule has 1 unspecified atom stereocenters. The normalized spacial score (nSPS) is 27.1. The van der Waals surface area contributed by atoms with Crippen molar-refractivity contribution in [1.29, 1.82) is 0 Å². The summed E-state index contributed by atoms with van der Waals surface area (Å²) in [5.74, 6) is -0.844. The van der Waals surface area contributed by atoms with E-state index in [4.69, 9.17) is 23.2 Å². The highest BCUT2D eigenvalue weighted by atomic mass is 35.5. The number of carbonyl (C=O) groups is 2. The van der Waals surface area contributed by atoms with Crippen LogP contribution in [0.3, 0.4) is 0 Å². The summed E-state index contributed by atoms with van der Waals surface area (Å²) in [5, 5.41) is 4.81. The zero-order valence-corrected chi connectivity index (χ0v) is 12.2. The Hall–Kier alpha value is -1.31. The maximum absolute atomic E-state index is 12.1. The minimum Gasteiger partial charge on any atom is -0.319 e. The Labute approximate surface area is 124 Å². The van der Waals surface area contributed by atoms with Gasteiger partial charge in [-0.05, 0) is 18.6 Å². The van der Waals surface area contributed by atoms with Gasteiger partial charge in [0.1, 0.15) is 5.54 Å². The molecule has 2 heterocycles. The first-order chi connectivity index (χ1) is 9.26. The van der Waals surface area contributed by atoms with Gasteiger partial charge in [-0.2, -0.15) is 0 Å². The van der Waals surface area contributed by atoms with Crippen LogP contribution in [0.2, 0.25) is 10.0 Å². The molecule has 0 aromatic heterocycles. The molecule has 6 nitrogen and oxygen atoms in total. The van der Waals surface area contributed by atoms with Gasteiger partial charge in [0.2, 0.25) is 0 Å². The molecule has 1 saturated heterocycles. The summed E-state index contributed by atoms with van der Waals surface area (Å²) in [6, 6.07) is 1.88. The van der Waals surface area contributed by atoms with Gasteiger partial charge in [0, 0.05) is 5.56 Å². The lowest BCUT2D eigenvalue weighted by molar-refractivity contribution is -0.124. The Bertz CT molecular complexity index is 762. The van der Waals surface area contributed by atoms with E-state index in [0.717, 1.165) is 0 Å². The second-order valence-corrected chi connectivity index (χ2v) is 7.54. The van der Waals surface area contributed by atoms with Crippen LogP contribution in [-0.4, -0.2) is 26.1 Å². The van der Waals surface area contributed by atoms with Crippen LogP contribution in [0.15, 0.2) is 17.0 Å². The summed E-state index contributed by atoms with van der Waals surface area (Å²) in [6.07, 6.45) is -0.0438. The van der Waals surface area contributed by atoms with Gasteiger partial charge in [-0.1, -0.05) is 23.2 Å². The van der Waals surface area contributed by atoms with Crippen LogP contribution in [0.1, 0.15) is 12.0 Å². The molecule has 1 atom stereocenters. The molecule has 0 aliphatic carbocycles. The highest BCUT2D eigenvalue weighted by molar-refractivity contribution is 7.91. The number of amides is 3. The molecule has 1 fully saturated rings. The second kappa shape index (κ2) is 4.09. The lowest BCUT2D eigenvalue weighted by Crippen LogP contribution is -2.48. The third-order valence-electron chi connectivity index (χ3n) is 3.50. The van der Waals surface area contributed by atoms with Gasteiger partial charge in [-0.25, -0.2) is 13.2 Å². The van der Waals surface area contributed by atoms with E-state index in [1.807, 2.05) is 0 Å². The molecule has 0 saturated carbocycles. The van der Waals surface area contributed by atoms with Gasteiger partial charge in [-0.15, -0.1) is 0 Å². The molecular formula is C11H8Cl2N2O4S. The van der Waals surface area contributed by atoms with Crippen molar-refractivity contribution in [3.05, 3.63) is 27.7 Å². The number of hydrogen-bond donors (Lipinski definition) is 2. The monoisotopic (exact) mass is 334 g/mol. The average molecular weight is 335 g/mol. The van der Waals surface area contributed by atoms with Crippen LogP contribution in [0.5, 0.6) is 0 Å². The number of carbonyl (C=O) groups excluding carboxylic acids is 2. The maximum Gasteiger partial charge on any atom is 0.322 e. The molecule has 9 heteroatoms. The first kappa shape index (κ1) is 13.7. The largest absolute Gasteiger partial charge is 0.322 e. The van der Waals surface area contributed by atoms with Gasteiger partial charge in [0.15, 0.2) is 9.84 Å². The fourth-order valence-electron chi connectivity index (χ4n) is 2.51. The molecule has 2 aliphatic heterocycles. The van der Waals surface area contributed by atoms with Crippen LogP contribution < -0.4 is 10.6 Å². The smallest absolute Gasteiger partial charge is 0.319 e. The van der Waals surface area contributed by atoms with Crippen molar-refractivity contribution in [2.45, 2.75) is 16.9 Å². The Balaban J connectivity index is 2.33. The van der Waals surface area contributed by atoms with Crippen molar-refractivity contribution in [3.63, 3.8) is 0 Å². The Morgan fingerprint density at radius 3 is 2.40 bits per heavy atom. The number of rotatable bonds is 0. The molecule has 0 bridgehead atoms. The van der Waals surface area contributed by atoms with E-state index in [-0.39, 0.29) is 32.7 Å². The predicted molar refractivity (Wildman–Crippen MR) is 71.5 cm³/mol. The molecule has 3 amide bonds. The first-order valence-corrected chi connectivity index (χ1v) is 8.03. The summed E-state index contributed by atoms with van der Waals surface area (Å²) in [6.45, 7) is 0. The number of benzene rings is 1. The molecule has 2 aliphatic rings. The molecular weight excluding hydrogens is 327 g/mol. The first-order valence-electron chi connectivity index (χ1n) is 5.62. The lowest BCUT2D eigenvalue weighted by atomic mass is 9.87. The molecule has 2 N–H and O–H groups in total. The Morgan fingerprint density at radius 2 is 1.80 bits per heavy atom. The third-order valence-corrected chi connectivity index (χ3v) is 5.98. The van der Waals surface area contributed by atoms with Gasteiger partial charge in [0.05, 0.1) is 20.7 Å². The summed E-state index contributed by atoms with van der Waals surface area (Å²) in [5.41, 5.74) is -1.24. The van der Waals surface area contributed by atoms with Gasteiger partial charge >= 0.3 is 6.03 Å². The SMILES string of the molecule is O=C1NC(=O)C2(CCS(=O)(=O)c3cc(Cl)c(Cl)cc32)N1. The van der Waals surface area contributed by atoms with Crippen molar-refractivity contribution in [2.75, 3.05) is 5.75 Å². The zero-order chi connectivity index (χ0) is 14.7. The van der Waals surface area contributed by atoms with E-state index < -0.39 is 27.3 Å². The molecule has 1 aromatic carbocycles. The minimum absolute atomic E-state index is 0.0438.